The van der Waals surface area contributed by atoms with Crippen molar-refractivity contribution >= 4 is 5.91 Å². The van der Waals surface area contributed by atoms with Crippen LogP contribution in [0.25, 0.3) is 0 Å². The van der Waals surface area contributed by atoms with E-state index in [9.17, 15) is 9.90 Å². The molecular formula is C20H32N2O2. The van der Waals surface area contributed by atoms with E-state index >= 15 is 0 Å². The topological polar surface area (TPSA) is 52.6 Å². The number of amides is 1. The molecule has 1 aromatic carbocycles. The Bertz CT molecular complexity index is 503. The second kappa shape index (κ2) is 9.19. The van der Waals surface area contributed by atoms with Crippen LogP contribution < -0.4 is 5.32 Å². The largest absolute Gasteiger partial charge is 0.393 e. The van der Waals surface area contributed by atoms with Crippen molar-refractivity contribution in [2.45, 2.75) is 52.1 Å². The summed E-state index contributed by atoms with van der Waals surface area (Å²) >= 11 is 0. The Labute approximate surface area is 146 Å². The van der Waals surface area contributed by atoms with Gasteiger partial charge in [-0.1, -0.05) is 38.1 Å². The molecule has 1 aliphatic rings. The molecule has 1 saturated heterocycles. The fourth-order valence-corrected chi connectivity index (χ4v) is 3.27. The average molecular weight is 332 g/mol. The summed E-state index contributed by atoms with van der Waals surface area (Å²) in [5.74, 6) is 1.04. The van der Waals surface area contributed by atoms with Crippen LogP contribution >= 0.6 is 0 Å². The molecule has 0 saturated carbocycles. The highest BCUT2D eigenvalue weighted by atomic mass is 16.3. The standard InChI is InChI=1S/C20H32N2O2/c1-15(2)18-6-4-17(5-7-18)8-11-21-20(24)14-22-12-9-19(10-13-22)16(3)23/h4-7,15-16,19,23H,8-14H2,1-3H3,(H,21,24). The Morgan fingerprint density at radius 3 is 2.38 bits per heavy atom. The molecule has 4 nitrogen and oxygen atoms in total. The summed E-state index contributed by atoms with van der Waals surface area (Å²) < 4.78 is 0. The number of benzene rings is 1. The summed E-state index contributed by atoms with van der Waals surface area (Å²) in [5.41, 5.74) is 2.61. The summed E-state index contributed by atoms with van der Waals surface area (Å²) in [5, 5.41) is 12.6. The fraction of sp³-hybridized carbons (Fsp3) is 0.650. The summed E-state index contributed by atoms with van der Waals surface area (Å²) in [6, 6.07) is 8.66. The van der Waals surface area contributed by atoms with E-state index in [0.717, 1.165) is 32.4 Å². The molecule has 0 bridgehead atoms. The van der Waals surface area contributed by atoms with Gasteiger partial charge in [-0.2, -0.15) is 0 Å². The predicted molar refractivity (Wildman–Crippen MR) is 98.1 cm³/mol. The summed E-state index contributed by atoms with van der Waals surface area (Å²) in [6.07, 6.45) is 2.59. The maximum atomic E-state index is 12.1. The summed E-state index contributed by atoms with van der Waals surface area (Å²) in [6.45, 7) is 9.21. The van der Waals surface area contributed by atoms with E-state index in [1.165, 1.54) is 11.1 Å². The monoisotopic (exact) mass is 332 g/mol. The first-order valence-corrected chi connectivity index (χ1v) is 9.21. The first-order valence-electron chi connectivity index (χ1n) is 9.21. The van der Waals surface area contributed by atoms with Gasteiger partial charge < -0.3 is 10.4 Å². The van der Waals surface area contributed by atoms with E-state index in [0.29, 0.717) is 24.9 Å². The lowest BCUT2D eigenvalue weighted by Crippen LogP contribution is -2.43. The maximum absolute atomic E-state index is 12.1. The molecule has 1 aromatic rings. The maximum Gasteiger partial charge on any atom is 0.234 e. The molecule has 1 fully saturated rings. The van der Waals surface area contributed by atoms with Gasteiger partial charge in [0.25, 0.3) is 0 Å². The zero-order valence-electron chi connectivity index (χ0n) is 15.3. The molecule has 1 unspecified atom stereocenters. The highest BCUT2D eigenvalue weighted by molar-refractivity contribution is 5.78. The van der Waals surface area contributed by atoms with E-state index in [2.05, 4.69) is 48.3 Å². The van der Waals surface area contributed by atoms with Crippen LogP contribution in [0.2, 0.25) is 0 Å². The zero-order valence-corrected chi connectivity index (χ0v) is 15.3. The number of carbonyl (C=O) groups is 1. The van der Waals surface area contributed by atoms with Gasteiger partial charge in [-0.3, -0.25) is 9.69 Å². The number of aliphatic hydroxyl groups is 1. The predicted octanol–water partition coefficient (Wildman–Crippen LogP) is 2.56. The molecule has 1 aliphatic heterocycles. The number of nitrogens with zero attached hydrogens (tertiary/aromatic N) is 1. The van der Waals surface area contributed by atoms with Crippen molar-refractivity contribution in [1.82, 2.24) is 10.2 Å². The number of aliphatic hydroxyl groups excluding tert-OH is 1. The van der Waals surface area contributed by atoms with E-state index in [1.807, 2.05) is 6.92 Å². The lowest BCUT2D eigenvalue weighted by Gasteiger charge is -2.32. The first kappa shape index (κ1) is 18.9. The Morgan fingerprint density at radius 2 is 1.83 bits per heavy atom. The Morgan fingerprint density at radius 1 is 1.21 bits per heavy atom. The molecule has 4 heteroatoms. The lowest BCUT2D eigenvalue weighted by atomic mass is 9.92. The van der Waals surface area contributed by atoms with Gasteiger partial charge in [-0.05, 0) is 62.2 Å². The summed E-state index contributed by atoms with van der Waals surface area (Å²) in [7, 11) is 0. The number of carbonyl (C=O) groups excluding carboxylic acids is 1. The van der Waals surface area contributed by atoms with E-state index in [-0.39, 0.29) is 12.0 Å². The van der Waals surface area contributed by atoms with Gasteiger partial charge in [-0.15, -0.1) is 0 Å². The molecule has 24 heavy (non-hydrogen) atoms. The normalized spacial score (nSPS) is 17.9. The van der Waals surface area contributed by atoms with Gasteiger partial charge in [0.2, 0.25) is 5.91 Å². The molecule has 0 aliphatic carbocycles. The smallest absolute Gasteiger partial charge is 0.234 e. The third kappa shape index (κ3) is 5.91. The lowest BCUT2D eigenvalue weighted by molar-refractivity contribution is -0.122. The third-order valence-electron chi connectivity index (χ3n) is 5.06. The Hall–Kier alpha value is -1.39. The van der Waals surface area contributed by atoms with Crippen LogP contribution in [0, 0.1) is 5.92 Å². The fourth-order valence-electron chi connectivity index (χ4n) is 3.27. The quantitative estimate of drug-likeness (QED) is 0.807. The van der Waals surface area contributed by atoms with E-state index in [4.69, 9.17) is 0 Å². The molecule has 1 heterocycles. The minimum atomic E-state index is -0.233. The van der Waals surface area contributed by atoms with Gasteiger partial charge >= 0.3 is 0 Å². The molecule has 0 aromatic heterocycles. The minimum absolute atomic E-state index is 0.101. The van der Waals surface area contributed by atoms with Crippen molar-refractivity contribution in [3.05, 3.63) is 35.4 Å². The summed E-state index contributed by atoms with van der Waals surface area (Å²) in [4.78, 5) is 14.2. The molecule has 0 radical (unpaired) electrons. The van der Waals surface area contributed by atoms with Crippen molar-refractivity contribution in [2.24, 2.45) is 5.92 Å². The van der Waals surface area contributed by atoms with Crippen molar-refractivity contribution < 1.29 is 9.90 Å². The average Bonchev–Trinajstić information content (AvgIpc) is 2.55. The Balaban J connectivity index is 1.65. The molecular weight excluding hydrogens is 300 g/mol. The van der Waals surface area contributed by atoms with Crippen molar-refractivity contribution in [1.29, 1.82) is 0 Å². The molecule has 2 N–H and O–H groups in total. The van der Waals surface area contributed by atoms with Gasteiger partial charge in [0.15, 0.2) is 0 Å². The third-order valence-corrected chi connectivity index (χ3v) is 5.06. The molecule has 0 spiro atoms. The van der Waals surface area contributed by atoms with Crippen LogP contribution in [0.4, 0.5) is 0 Å². The van der Waals surface area contributed by atoms with E-state index < -0.39 is 0 Å². The number of piperidine rings is 1. The number of likely N-dealkylation sites (tertiary alicyclic amines) is 1. The SMILES string of the molecule is CC(C)c1ccc(CCNC(=O)CN2CCC(C(C)O)CC2)cc1. The van der Waals surface area contributed by atoms with Gasteiger partial charge in [0.05, 0.1) is 12.6 Å². The van der Waals surface area contributed by atoms with Gasteiger partial charge in [0, 0.05) is 6.54 Å². The van der Waals surface area contributed by atoms with Crippen LogP contribution in [-0.4, -0.2) is 48.2 Å². The molecule has 1 atom stereocenters. The van der Waals surface area contributed by atoms with Gasteiger partial charge in [0.1, 0.15) is 0 Å². The molecule has 2 rings (SSSR count). The van der Waals surface area contributed by atoms with E-state index in [1.54, 1.807) is 0 Å². The first-order chi connectivity index (χ1) is 11.5. The second-order valence-corrected chi connectivity index (χ2v) is 7.35. The number of hydrogen-bond acceptors (Lipinski definition) is 3. The second-order valence-electron chi connectivity index (χ2n) is 7.35. The molecule has 134 valence electrons. The number of rotatable bonds is 7. The van der Waals surface area contributed by atoms with Crippen molar-refractivity contribution in [3.8, 4) is 0 Å². The molecule has 1 amide bonds. The minimum Gasteiger partial charge on any atom is -0.393 e. The van der Waals surface area contributed by atoms with Crippen molar-refractivity contribution in [2.75, 3.05) is 26.2 Å². The van der Waals surface area contributed by atoms with Crippen LogP contribution in [-0.2, 0) is 11.2 Å². The van der Waals surface area contributed by atoms with Crippen LogP contribution in [0.5, 0.6) is 0 Å². The van der Waals surface area contributed by atoms with Crippen molar-refractivity contribution in [3.63, 3.8) is 0 Å². The van der Waals surface area contributed by atoms with Gasteiger partial charge in [-0.25, -0.2) is 0 Å². The van der Waals surface area contributed by atoms with Crippen LogP contribution in [0.1, 0.15) is 50.7 Å². The van der Waals surface area contributed by atoms with Crippen LogP contribution in [0.3, 0.4) is 0 Å². The zero-order chi connectivity index (χ0) is 17.5. The highest BCUT2D eigenvalue weighted by Crippen LogP contribution is 2.20. The highest BCUT2D eigenvalue weighted by Gasteiger charge is 2.23. The number of nitrogens with one attached hydrogen (secondary N) is 1. The van der Waals surface area contributed by atoms with Crippen LogP contribution in [0.15, 0.2) is 24.3 Å². The Kier molecular flexibility index (Phi) is 7.25. The number of hydrogen-bond donors (Lipinski definition) is 2.